The molecule has 1 aliphatic rings. The molecule has 24 heavy (non-hydrogen) atoms. The summed E-state index contributed by atoms with van der Waals surface area (Å²) >= 11 is 0. The van der Waals surface area contributed by atoms with Crippen LogP contribution in [0.2, 0.25) is 0 Å². The molecule has 0 aromatic heterocycles. The quantitative estimate of drug-likeness (QED) is 0.872. The van der Waals surface area contributed by atoms with Gasteiger partial charge in [-0.2, -0.15) is 0 Å². The van der Waals surface area contributed by atoms with E-state index in [1.54, 1.807) is 46.1 Å². The van der Waals surface area contributed by atoms with E-state index >= 15 is 0 Å². The maximum atomic E-state index is 11.9. The van der Waals surface area contributed by atoms with Gasteiger partial charge in [0.1, 0.15) is 11.4 Å². The molecule has 0 saturated heterocycles. The van der Waals surface area contributed by atoms with Crippen LogP contribution in [0.4, 0.5) is 10.5 Å². The Morgan fingerprint density at radius 1 is 1.25 bits per heavy atom. The second-order valence-electron chi connectivity index (χ2n) is 7.70. The first kappa shape index (κ1) is 18.1. The molecule has 2 atom stereocenters. The number of aliphatic carboxylic acids is 1. The summed E-state index contributed by atoms with van der Waals surface area (Å²) in [6.45, 7) is 9.20. The van der Waals surface area contributed by atoms with Crippen LogP contribution in [-0.4, -0.2) is 29.9 Å². The van der Waals surface area contributed by atoms with Gasteiger partial charge in [0.25, 0.3) is 0 Å². The van der Waals surface area contributed by atoms with Gasteiger partial charge in [-0.05, 0) is 44.4 Å². The monoisotopic (exact) mass is 335 g/mol. The van der Waals surface area contributed by atoms with Crippen molar-refractivity contribution in [1.29, 1.82) is 0 Å². The topological polar surface area (TPSA) is 84.9 Å². The number of rotatable bonds is 4. The molecule has 0 radical (unpaired) electrons. The van der Waals surface area contributed by atoms with E-state index in [1.807, 2.05) is 13.8 Å². The number of hydrogen-bond donors (Lipinski definition) is 2. The number of carbonyl (C=O) groups excluding carboxylic acids is 1. The predicted octanol–water partition coefficient (Wildman–Crippen LogP) is 3.87. The Morgan fingerprint density at radius 2 is 1.88 bits per heavy atom. The van der Waals surface area contributed by atoms with Gasteiger partial charge in [-0.3, -0.25) is 10.1 Å². The molecular weight excluding hydrogens is 310 g/mol. The molecule has 0 heterocycles. The van der Waals surface area contributed by atoms with Crippen LogP contribution in [0.15, 0.2) is 18.2 Å². The molecule has 1 amide bonds. The molecule has 0 aliphatic heterocycles. The average molecular weight is 335 g/mol. The molecule has 6 heteroatoms. The third-order valence-corrected chi connectivity index (χ3v) is 4.30. The summed E-state index contributed by atoms with van der Waals surface area (Å²) in [6.07, 6.45) is -0.552. The minimum absolute atomic E-state index is 0.162. The molecule has 2 rings (SSSR count). The van der Waals surface area contributed by atoms with Crippen LogP contribution in [0, 0.1) is 11.3 Å². The maximum absolute atomic E-state index is 11.9. The number of hydrogen-bond acceptors (Lipinski definition) is 4. The van der Waals surface area contributed by atoms with Gasteiger partial charge in [0.15, 0.2) is 0 Å². The van der Waals surface area contributed by atoms with Crippen LogP contribution in [0.5, 0.6) is 5.75 Å². The molecular formula is C18H25NO5. The van der Waals surface area contributed by atoms with Gasteiger partial charge in [-0.25, -0.2) is 4.79 Å². The largest absolute Gasteiger partial charge is 0.496 e. The fourth-order valence-corrected chi connectivity index (χ4v) is 3.16. The molecule has 1 aromatic rings. The second kappa shape index (κ2) is 6.00. The highest BCUT2D eigenvalue weighted by molar-refractivity contribution is 5.85. The van der Waals surface area contributed by atoms with Crippen molar-refractivity contribution in [2.75, 3.05) is 12.4 Å². The van der Waals surface area contributed by atoms with Crippen LogP contribution >= 0.6 is 0 Å². The first-order valence-corrected chi connectivity index (χ1v) is 7.88. The van der Waals surface area contributed by atoms with Crippen molar-refractivity contribution in [3.05, 3.63) is 23.8 Å². The van der Waals surface area contributed by atoms with Gasteiger partial charge >= 0.3 is 12.1 Å². The minimum atomic E-state index is -0.822. The van der Waals surface area contributed by atoms with Crippen molar-refractivity contribution in [3.8, 4) is 5.75 Å². The van der Waals surface area contributed by atoms with E-state index in [0.29, 0.717) is 11.4 Å². The van der Waals surface area contributed by atoms with Crippen molar-refractivity contribution in [2.45, 2.75) is 46.1 Å². The molecule has 6 nitrogen and oxygen atoms in total. The van der Waals surface area contributed by atoms with E-state index in [1.165, 1.54) is 0 Å². The normalized spacial score (nSPS) is 21.8. The third-order valence-electron chi connectivity index (χ3n) is 4.30. The van der Waals surface area contributed by atoms with E-state index in [-0.39, 0.29) is 11.3 Å². The zero-order valence-corrected chi connectivity index (χ0v) is 15.0. The Labute approximate surface area is 142 Å². The number of amides is 1. The van der Waals surface area contributed by atoms with Crippen LogP contribution in [-0.2, 0) is 9.53 Å². The van der Waals surface area contributed by atoms with E-state index in [4.69, 9.17) is 9.47 Å². The number of carboxylic acids is 1. The summed E-state index contributed by atoms with van der Waals surface area (Å²) in [6, 6.07) is 5.20. The first-order chi connectivity index (χ1) is 11.0. The van der Waals surface area contributed by atoms with Crippen LogP contribution in [0.1, 0.15) is 46.1 Å². The van der Waals surface area contributed by atoms with Crippen molar-refractivity contribution >= 4 is 17.7 Å². The lowest BCUT2D eigenvalue weighted by Gasteiger charge is -2.20. The number of benzene rings is 1. The molecule has 1 aliphatic carbocycles. The van der Waals surface area contributed by atoms with Crippen molar-refractivity contribution < 1.29 is 24.2 Å². The molecule has 132 valence electrons. The fourth-order valence-electron chi connectivity index (χ4n) is 3.16. The summed E-state index contributed by atoms with van der Waals surface area (Å²) in [5, 5.41) is 12.1. The highest BCUT2D eigenvalue weighted by Crippen LogP contribution is 2.66. The Kier molecular flexibility index (Phi) is 4.52. The first-order valence-electron chi connectivity index (χ1n) is 7.88. The zero-order valence-electron chi connectivity index (χ0n) is 15.0. The maximum Gasteiger partial charge on any atom is 0.412 e. The zero-order chi connectivity index (χ0) is 18.3. The molecule has 2 unspecified atom stereocenters. The standard InChI is InChI=1S/C18H25NO5/c1-17(2,3)24-16(22)19-10-7-8-12(23-6)11(9-10)13-14(15(20)21)18(13,4)5/h7-9,13-14H,1-6H3,(H,19,22)(H,20,21). The summed E-state index contributed by atoms with van der Waals surface area (Å²) in [4.78, 5) is 23.4. The lowest BCUT2D eigenvalue weighted by Crippen LogP contribution is -2.27. The van der Waals surface area contributed by atoms with Gasteiger partial charge in [-0.1, -0.05) is 13.8 Å². The van der Waals surface area contributed by atoms with Gasteiger partial charge < -0.3 is 14.6 Å². The number of carbonyl (C=O) groups is 2. The Hall–Kier alpha value is -2.24. The van der Waals surface area contributed by atoms with Gasteiger partial charge in [0.05, 0.1) is 13.0 Å². The van der Waals surface area contributed by atoms with Gasteiger partial charge in [0, 0.05) is 17.2 Å². The number of ether oxygens (including phenoxy) is 2. The molecule has 0 bridgehead atoms. The lowest BCUT2D eigenvalue weighted by molar-refractivity contribution is -0.139. The Morgan fingerprint density at radius 3 is 2.33 bits per heavy atom. The highest BCUT2D eigenvalue weighted by atomic mass is 16.6. The van der Waals surface area contributed by atoms with Gasteiger partial charge in [-0.15, -0.1) is 0 Å². The lowest BCUT2D eigenvalue weighted by atomic mass is 10.0. The van der Waals surface area contributed by atoms with Crippen molar-refractivity contribution in [1.82, 2.24) is 0 Å². The molecule has 1 aromatic carbocycles. The van der Waals surface area contributed by atoms with Crippen LogP contribution < -0.4 is 10.1 Å². The molecule has 0 spiro atoms. The van der Waals surface area contributed by atoms with Crippen LogP contribution in [0.25, 0.3) is 0 Å². The highest BCUT2D eigenvalue weighted by Gasteiger charge is 2.63. The van der Waals surface area contributed by atoms with Crippen LogP contribution in [0.3, 0.4) is 0 Å². The average Bonchev–Trinajstić information content (AvgIpc) is 2.99. The number of methoxy groups -OCH3 is 1. The molecule has 2 N–H and O–H groups in total. The molecule has 1 fully saturated rings. The van der Waals surface area contributed by atoms with Crippen molar-refractivity contribution in [2.24, 2.45) is 11.3 Å². The van der Waals surface area contributed by atoms with E-state index in [0.717, 1.165) is 5.56 Å². The smallest absolute Gasteiger partial charge is 0.412 e. The SMILES string of the molecule is COc1ccc(NC(=O)OC(C)(C)C)cc1C1C(C(=O)O)C1(C)C. The predicted molar refractivity (Wildman–Crippen MR) is 90.5 cm³/mol. The van der Waals surface area contributed by atoms with Gasteiger partial charge in [0.2, 0.25) is 0 Å². The van der Waals surface area contributed by atoms with E-state index < -0.39 is 23.6 Å². The number of carboxylic acid groups (broad SMARTS) is 1. The number of anilines is 1. The summed E-state index contributed by atoms with van der Waals surface area (Å²) in [7, 11) is 1.55. The summed E-state index contributed by atoms with van der Waals surface area (Å²) in [5.74, 6) is -0.836. The van der Waals surface area contributed by atoms with E-state index in [9.17, 15) is 14.7 Å². The molecule has 1 saturated carbocycles. The Bertz CT molecular complexity index is 660. The fraction of sp³-hybridized carbons (Fsp3) is 0.556. The summed E-state index contributed by atoms with van der Waals surface area (Å²) in [5.41, 5.74) is 0.381. The second-order valence-corrected chi connectivity index (χ2v) is 7.70. The Balaban J connectivity index is 2.26. The third kappa shape index (κ3) is 3.63. The van der Waals surface area contributed by atoms with E-state index in [2.05, 4.69) is 5.32 Å². The summed E-state index contributed by atoms with van der Waals surface area (Å²) < 4.78 is 10.6. The number of nitrogens with one attached hydrogen (secondary N) is 1. The van der Waals surface area contributed by atoms with Crippen molar-refractivity contribution in [3.63, 3.8) is 0 Å². The minimum Gasteiger partial charge on any atom is -0.496 e.